The van der Waals surface area contributed by atoms with Crippen molar-refractivity contribution >= 4 is 21.4 Å². The van der Waals surface area contributed by atoms with Crippen molar-refractivity contribution < 1.29 is 0 Å². The summed E-state index contributed by atoms with van der Waals surface area (Å²) in [5.41, 5.74) is 1.45. The van der Waals surface area contributed by atoms with E-state index in [9.17, 15) is 0 Å². The van der Waals surface area contributed by atoms with Gasteiger partial charge in [0.05, 0.1) is 0 Å². The first kappa shape index (κ1) is 14.5. The molecule has 104 valence electrons. The molecule has 1 heterocycles. The lowest BCUT2D eigenvalue weighted by molar-refractivity contribution is 0.424. The van der Waals surface area contributed by atoms with Gasteiger partial charge in [0.2, 0.25) is 0 Å². The van der Waals surface area contributed by atoms with Gasteiger partial charge < -0.3 is 5.32 Å². The van der Waals surface area contributed by atoms with Gasteiger partial charge in [-0.2, -0.15) is 0 Å². The molecule has 1 N–H and O–H groups in total. The van der Waals surface area contributed by atoms with Crippen LogP contribution in [0.15, 0.2) is 24.3 Å². The summed E-state index contributed by atoms with van der Waals surface area (Å²) in [4.78, 5) is 1.49. The third-order valence-electron chi connectivity index (χ3n) is 4.14. The lowest BCUT2D eigenvalue weighted by atomic mass is 10.0. The summed E-state index contributed by atoms with van der Waals surface area (Å²) in [6.07, 6.45) is 2.53. The monoisotopic (exact) mass is 275 g/mol. The van der Waals surface area contributed by atoms with E-state index in [0.29, 0.717) is 6.04 Å². The summed E-state index contributed by atoms with van der Waals surface area (Å²) < 4.78 is 1.41. The normalized spacial score (nSPS) is 13.3. The van der Waals surface area contributed by atoms with Gasteiger partial charge in [0, 0.05) is 15.6 Å². The van der Waals surface area contributed by atoms with Crippen LogP contribution in [0.1, 0.15) is 50.1 Å². The fourth-order valence-corrected chi connectivity index (χ4v) is 3.86. The van der Waals surface area contributed by atoms with Gasteiger partial charge in [0.25, 0.3) is 0 Å². The highest BCUT2D eigenvalue weighted by Crippen LogP contribution is 2.34. The number of rotatable bonds is 6. The number of hydrogen-bond acceptors (Lipinski definition) is 2. The van der Waals surface area contributed by atoms with Crippen molar-refractivity contribution in [3.05, 3.63) is 34.7 Å². The summed E-state index contributed by atoms with van der Waals surface area (Å²) in [5.74, 6) is 0.803. The molecule has 0 fully saturated rings. The van der Waals surface area contributed by atoms with Crippen LogP contribution in [0.2, 0.25) is 0 Å². The SMILES string of the molecule is CCC(CC)CNC(C)c1sc2ccccc2c1C. The Kier molecular flexibility index (Phi) is 5.00. The van der Waals surface area contributed by atoms with Gasteiger partial charge >= 0.3 is 0 Å². The second-order valence-corrected chi connectivity index (χ2v) is 6.48. The lowest BCUT2D eigenvalue weighted by Gasteiger charge is -2.18. The Hall–Kier alpha value is -0.860. The van der Waals surface area contributed by atoms with Gasteiger partial charge in [-0.1, -0.05) is 44.9 Å². The van der Waals surface area contributed by atoms with Crippen LogP contribution in [-0.2, 0) is 0 Å². The van der Waals surface area contributed by atoms with Crippen molar-refractivity contribution in [3.8, 4) is 0 Å². The molecule has 1 aromatic carbocycles. The molecule has 0 aliphatic rings. The van der Waals surface area contributed by atoms with E-state index in [4.69, 9.17) is 0 Å². The quantitative estimate of drug-likeness (QED) is 0.754. The fraction of sp³-hybridized carbons (Fsp3) is 0.529. The number of aryl methyl sites for hydroxylation is 1. The summed E-state index contributed by atoms with van der Waals surface area (Å²) in [6, 6.07) is 9.18. The molecule has 0 aliphatic heterocycles. The van der Waals surface area contributed by atoms with E-state index in [1.807, 2.05) is 11.3 Å². The summed E-state index contributed by atoms with van der Waals surface area (Å²) >= 11 is 1.94. The van der Waals surface area contributed by atoms with Gasteiger partial charge in [-0.15, -0.1) is 11.3 Å². The second-order valence-electron chi connectivity index (χ2n) is 5.40. The molecule has 19 heavy (non-hydrogen) atoms. The number of thiophene rings is 1. The van der Waals surface area contributed by atoms with E-state index in [1.54, 1.807) is 0 Å². The molecule has 0 saturated carbocycles. The maximum Gasteiger partial charge on any atom is 0.0389 e. The fourth-order valence-electron chi connectivity index (χ4n) is 2.62. The van der Waals surface area contributed by atoms with Gasteiger partial charge in [-0.05, 0) is 43.3 Å². The van der Waals surface area contributed by atoms with Gasteiger partial charge in [-0.25, -0.2) is 0 Å². The van der Waals surface area contributed by atoms with E-state index >= 15 is 0 Å². The Bertz CT molecular complexity index is 525. The van der Waals surface area contributed by atoms with Gasteiger partial charge in [0.1, 0.15) is 0 Å². The molecule has 0 aliphatic carbocycles. The van der Waals surface area contributed by atoms with E-state index in [-0.39, 0.29) is 0 Å². The van der Waals surface area contributed by atoms with Crippen LogP contribution in [0.4, 0.5) is 0 Å². The second kappa shape index (κ2) is 6.53. The molecule has 1 atom stereocenters. The molecule has 0 spiro atoms. The zero-order valence-electron chi connectivity index (χ0n) is 12.5. The number of benzene rings is 1. The highest BCUT2D eigenvalue weighted by molar-refractivity contribution is 7.19. The first-order valence-electron chi connectivity index (χ1n) is 7.38. The molecular weight excluding hydrogens is 250 g/mol. The van der Waals surface area contributed by atoms with Crippen LogP contribution in [0.25, 0.3) is 10.1 Å². The minimum Gasteiger partial charge on any atom is -0.309 e. The largest absolute Gasteiger partial charge is 0.309 e. The zero-order valence-corrected chi connectivity index (χ0v) is 13.3. The highest BCUT2D eigenvalue weighted by atomic mass is 32.1. The Morgan fingerprint density at radius 3 is 2.47 bits per heavy atom. The minimum absolute atomic E-state index is 0.456. The molecule has 0 bridgehead atoms. The Balaban J connectivity index is 2.13. The van der Waals surface area contributed by atoms with E-state index in [1.165, 1.54) is 33.4 Å². The first-order valence-corrected chi connectivity index (χ1v) is 8.20. The Morgan fingerprint density at radius 1 is 1.16 bits per heavy atom. The average molecular weight is 275 g/mol. The molecule has 2 heteroatoms. The molecule has 0 saturated heterocycles. The van der Waals surface area contributed by atoms with Crippen LogP contribution < -0.4 is 5.32 Å². The van der Waals surface area contributed by atoms with E-state index < -0.39 is 0 Å². The predicted molar refractivity (Wildman–Crippen MR) is 87.1 cm³/mol. The summed E-state index contributed by atoms with van der Waals surface area (Å²) in [7, 11) is 0. The first-order chi connectivity index (χ1) is 9.17. The third kappa shape index (κ3) is 3.18. The maximum absolute atomic E-state index is 3.71. The molecule has 0 amide bonds. The van der Waals surface area contributed by atoms with Crippen LogP contribution in [0.5, 0.6) is 0 Å². The van der Waals surface area contributed by atoms with Gasteiger partial charge in [0.15, 0.2) is 0 Å². The van der Waals surface area contributed by atoms with E-state index in [2.05, 4.69) is 57.3 Å². The molecule has 2 rings (SSSR count). The van der Waals surface area contributed by atoms with Crippen LogP contribution in [0, 0.1) is 12.8 Å². The number of hydrogen-bond donors (Lipinski definition) is 1. The molecule has 1 nitrogen and oxygen atoms in total. The molecule has 2 aromatic rings. The lowest BCUT2D eigenvalue weighted by Crippen LogP contribution is -2.25. The number of fused-ring (bicyclic) bond motifs is 1. The standard InChI is InChI=1S/C17H25NS/c1-5-14(6-2)11-18-13(4)17-12(3)15-9-7-8-10-16(15)19-17/h7-10,13-14,18H,5-6,11H2,1-4H3. The minimum atomic E-state index is 0.456. The molecular formula is C17H25NS. The van der Waals surface area contributed by atoms with Gasteiger partial charge in [-0.3, -0.25) is 0 Å². The maximum atomic E-state index is 3.71. The van der Waals surface area contributed by atoms with E-state index in [0.717, 1.165) is 12.5 Å². The summed E-state index contributed by atoms with van der Waals surface area (Å²) in [6.45, 7) is 10.2. The highest BCUT2D eigenvalue weighted by Gasteiger charge is 2.14. The topological polar surface area (TPSA) is 12.0 Å². The van der Waals surface area contributed by atoms with Crippen molar-refractivity contribution in [2.45, 2.75) is 46.6 Å². The van der Waals surface area contributed by atoms with Crippen LogP contribution in [-0.4, -0.2) is 6.54 Å². The van der Waals surface area contributed by atoms with Crippen LogP contribution in [0.3, 0.4) is 0 Å². The van der Waals surface area contributed by atoms with Crippen molar-refractivity contribution in [3.63, 3.8) is 0 Å². The molecule has 1 unspecified atom stereocenters. The van der Waals surface area contributed by atoms with Crippen molar-refractivity contribution in [2.75, 3.05) is 6.54 Å². The van der Waals surface area contributed by atoms with Crippen molar-refractivity contribution in [1.82, 2.24) is 5.32 Å². The number of nitrogens with one attached hydrogen (secondary N) is 1. The average Bonchev–Trinajstić information content (AvgIpc) is 2.78. The Morgan fingerprint density at radius 2 is 1.84 bits per heavy atom. The predicted octanol–water partition coefficient (Wildman–Crippen LogP) is 5.30. The Labute approximate surface area is 121 Å². The zero-order chi connectivity index (χ0) is 13.8. The van der Waals surface area contributed by atoms with Crippen LogP contribution >= 0.6 is 11.3 Å². The van der Waals surface area contributed by atoms with Crippen molar-refractivity contribution in [1.29, 1.82) is 0 Å². The molecule has 1 aromatic heterocycles. The third-order valence-corrected chi connectivity index (χ3v) is 5.60. The van der Waals surface area contributed by atoms with Crippen molar-refractivity contribution in [2.24, 2.45) is 5.92 Å². The summed E-state index contributed by atoms with van der Waals surface area (Å²) in [5, 5.41) is 5.13. The smallest absolute Gasteiger partial charge is 0.0389 e. The molecule has 0 radical (unpaired) electrons.